The van der Waals surface area contributed by atoms with E-state index in [1.807, 2.05) is 32.9 Å². The van der Waals surface area contributed by atoms with E-state index in [0.29, 0.717) is 24.6 Å². The quantitative estimate of drug-likeness (QED) is 0.788. The maximum atomic E-state index is 12.1. The van der Waals surface area contributed by atoms with Gasteiger partial charge in [-0.25, -0.2) is 4.79 Å². The molecule has 1 aromatic carbocycles. The number of hydrogen-bond acceptors (Lipinski definition) is 4. The molecular formula is C14H19N3O2. The van der Waals surface area contributed by atoms with Crippen LogP contribution >= 0.6 is 0 Å². The zero-order valence-electron chi connectivity index (χ0n) is 11.5. The van der Waals surface area contributed by atoms with E-state index < -0.39 is 5.60 Å². The smallest absolute Gasteiger partial charge is 0.416 e. The summed E-state index contributed by atoms with van der Waals surface area (Å²) in [6, 6.07) is 7.31. The average molecular weight is 261 g/mol. The maximum absolute atomic E-state index is 12.1. The molecule has 19 heavy (non-hydrogen) atoms. The van der Waals surface area contributed by atoms with Crippen LogP contribution < -0.4 is 5.73 Å². The second-order valence-electron chi connectivity index (χ2n) is 5.46. The number of hydrogen-bond donors (Lipinski definition) is 1. The van der Waals surface area contributed by atoms with Gasteiger partial charge in [-0.05, 0) is 45.0 Å². The molecule has 0 bridgehead atoms. The van der Waals surface area contributed by atoms with Crippen molar-refractivity contribution in [2.24, 2.45) is 4.99 Å². The Morgan fingerprint density at radius 2 is 1.95 bits per heavy atom. The molecule has 2 N–H and O–H groups in total. The number of amidine groups is 1. The highest BCUT2D eigenvalue weighted by Gasteiger charge is 2.29. The number of amides is 1. The number of rotatable bonds is 1. The van der Waals surface area contributed by atoms with Gasteiger partial charge < -0.3 is 10.5 Å². The van der Waals surface area contributed by atoms with E-state index in [0.717, 1.165) is 5.56 Å². The Labute approximate surface area is 113 Å². The molecule has 0 saturated heterocycles. The first-order valence-corrected chi connectivity index (χ1v) is 6.28. The van der Waals surface area contributed by atoms with Gasteiger partial charge >= 0.3 is 6.09 Å². The maximum Gasteiger partial charge on any atom is 0.416 e. The number of nitrogen functional groups attached to an aromatic ring is 1. The van der Waals surface area contributed by atoms with Crippen molar-refractivity contribution in [3.8, 4) is 0 Å². The van der Waals surface area contributed by atoms with Crippen molar-refractivity contribution in [1.82, 2.24) is 4.90 Å². The zero-order chi connectivity index (χ0) is 14.0. The van der Waals surface area contributed by atoms with Crippen LogP contribution in [0, 0.1) is 0 Å². The predicted molar refractivity (Wildman–Crippen MR) is 75.2 cm³/mol. The summed E-state index contributed by atoms with van der Waals surface area (Å²) in [6.07, 6.45) is -0.361. The molecule has 0 unspecified atom stereocenters. The third kappa shape index (κ3) is 3.24. The van der Waals surface area contributed by atoms with Crippen LogP contribution in [-0.4, -0.2) is 35.5 Å². The van der Waals surface area contributed by atoms with Gasteiger partial charge in [-0.3, -0.25) is 9.89 Å². The Morgan fingerprint density at radius 1 is 1.32 bits per heavy atom. The molecule has 1 heterocycles. The van der Waals surface area contributed by atoms with Crippen molar-refractivity contribution >= 4 is 17.6 Å². The number of aliphatic imine (C=N–C) groups is 1. The fourth-order valence-electron chi connectivity index (χ4n) is 1.82. The Morgan fingerprint density at radius 3 is 2.53 bits per heavy atom. The molecule has 0 aromatic heterocycles. The first-order valence-electron chi connectivity index (χ1n) is 6.28. The molecule has 1 aliphatic rings. The molecular weight excluding hydrogens is 242 g/mol. The summed E-state index contributed by atoms with van der Waals surface area (Å²) in [5.74, 6) is 0.647. The summed E-state index contributed by atoms with van der Waals surface area (Å²) in [4.78, 5) is 18.0. The third-order valence-electron chi connectivity index (χ3n) is 2.62. The van der Waals surface area contributed by atoms with Gasteiger partial charge in [-0.1, -0.05) is 0 Å². The molecule has 0 atom stereocenters. The van der Waals surface area contributed by atoms with E-state index in [1.54, 1.807) is 17.0 Å². The lowest BCUT2D eigenvalue weighted by atomic mass is 10.2. The number of nitrogens with zero attached hydrogens (tertiary/aromatic N) is 2. The van der Waals surface area contributed by atoms with Crippen LogP contribution in [0.2, 0.25) is 0 Å². The molecule has 5 nitrogen and oxygen atoms in total. The number of nitrogens with two attached hydrogens (primary N) is 1. The Kier molecular flexibility index (Phi) is 3.46. The zero-order valence-corrected chi connectivity index (χ0v) is 11.5. The van der Waals surface area contributed by atoms with E-state index in [9.17, 15) is 4.79 Å². The molecule has 0 radical (unpaired) electrons. The summed E-state index contributed by atoms with van der Waals surface area (Å²) < 4.78 is 5.38. The van der Waals surface area contributed by atoms with Crippen molar-refractivity contribution in [3.63, 3.8) is 0 Å². The van der Waals surface area contributed by atoms with Crippen LogP contribution in [0.3, 0.4) is 0 Å². The fraction of sp³-hybridized carbons (Fsp3) is 0.429. The van der Waals surface area contributed by atoms with Gasteiger partial charge in [0.15, 0.2) is 0 Å². The largest absolute Gasteiger partial charge is 0.443 e. The topological polar surface area (TPSA) is 67.9 Å². The second-order valence-corrected chi connectivity index (χ2v) is 5.46. The van der Waals surface area contributed by atoms with Crippen molar-refractivity contribution in [2.45, 2.75) is 26.4 Å². The van der Waals surface area contributed by atoms with E-state index in [2.05, 4.69) is 4.99 Å². The Hall–Kier alpha value is -2.04. The van der Waals surface area contributed by atoms with Gasteiger partial charge in [0.2, 0.25) is 0 Å². The summed E-state index contributed by atoms with van der Waals surface area (Å²) in [5.41, 5.74) is 6.71. The SMILES string of the molecule is CC(C)(C)OC(=O)N1CCN=C1c1ccc(N)cc1. The van der Waals surface area contributed by atoms with Gasteiger partial charge in [-0.15, -0.1) is 0 Å². The summed E-state index contributed by atoms with van der Waals surface area (Å²) >= 11 is 0. The standard InChI is InChI=1S/C14H19N3O2/c1-14(2,3)19-13(18)17-9-8-16-12(17)10-4-6-11(15)7-5-10/h4-7H,8-9,15H2,1-3H3. The van der Waals surface area contributed by atoms with Crippen LogP contribution in [-0.2, 0) is 4.74 Å². The number of anilines is 1. The fourth-order valence-corrected chi connectivity index (χ4v) is 1.82. The molecule has 0 saturated carbocycles. The summed E-state index contributed by atoms with van der Waals surface area (Å²) in [5, 5.41) is 0. The minimum atomic E-state index is -0.508. The van der Waals surface area contributed by atoms with Gasteiger partial charge in [0, 0.05) is 11.3 Å². The first kappa shape index (κ1) is 13.4. The Balaban J connectivity index is 2.17. The van der Waals surface area contributed by atoms with Crippen molar-refractivity contribution < 1.29 is 9.53 Å². The number of carbonyl (C=O) groups is 1. The number of benzene rings is 1. The van der Waals surface area contributed by atoms with E-state index in [1.165, 1.54) is 0 Å². The summed E-state index contributed by atoms with van der Waals surface area (Å²) in [6.45, 7) is 6.69. The molecule has 1 aromatic rings. The highest BCUT2D eigenvalue weighted by Crippen LogP contribution is 2.17. The number of ether oxygens (including phenoxy) is 1. The van der Waals surface area contributed by atoms with Gasteiger partial charge in [0.25, 0.3) is 0 Å². The van der Waals surface area contributed by atoms with E-state index in [-0.39, 0.29) is 6.09 Å². The number of carbonyl (C=O) groups excluding carboxylic acids is 1. The molecule has 0 aliphatic carbocycles. The Bertz CT molecular complexity index is 500. The van der Waals surface area contributed by atoms with Gasteiger partial charge in [0.1, 0.15) is 11.4 Å². The third-order valence-corrected chi connectivity index (χ3v) is 2.62. The molecule has 0 fully saturated rings. The molecule has 5 heteroatoms. The first-order chi connectivity index (χ1) is 8.87. The lowest BCUT2D eigenvalue weighted by Gasteiger charge is -2.25. The highest BCUT2D eigenvalue weighted by molar-refractivity contribution is 6.07. The average Bonchev–Trinajstić information content (AvgIpc) is 2.76. The molecule has 102 valence electrons. The van der Waals surface area contributed by atoms with Crippen LogP contribution in [0.4, 0.5) is 10.5 Å². The van der Waals surface area contributed by atoms with Crippen LogP contribution in [0.1, 0.15) is 26.3 Å². The van der Waals surface area contributed by atoms with Crippen molar-refractivity contribution in [3.05, 3.63) is 29.8 Å². The van der Waals surface area contributed by atoms with Crippen molar-refractivity contribution in [1.29, 1.82) is 0 Å². The van der Waals surface area contributed by atoms with Crippen LogP contribution in [0.15, 0.2) is 29.3 Å². The molecule has 0 spiro atoms. The molecule has 2 rings (SSSR count). The minimum absolute atomic E-state index is 0.361. The highest BCUT2D eigenvalue weighted by atomic mass is 16.6. The van der Waals surface area contributed by atoms with Crippen LogP contribution in [0.25, 0.3) is 0 Å². The predicted octanol–water partition coefficient (Wildman–Crippen LogP) is 2.27. The normalized spacial score (nSPS) is 15.3. The van der Waals surface area contributed by atoms with E-state index >= 15 is 0 Å². The lowest BCUT2D eigenvalue weighted by molar-refractivity contribution is 0.0385. The monoisotopic (exact) mass is 261 g/mol. The molecule has 1 aliphatic heterocycles. The van der Waals surface area contributed by atoms with Crippen molar-refractivity contribution in [2.75, 3.05) is 18.8 Å². The lowest BCUT2D eigenvalue weighted by Crippen LogP contribution is -2.39. The summed E-state index contributed by atoms with van der Waals surface area (Å²) in [7, 11) is 0. The molecule has 1 amide bonds. The van der Waals surface area contributed by atoms with Gasteiger partial charge in [-0.2, -0.15) is 0 Å². The van der Waals surface area contributed by atoms with Gasteiger partial charge in [0.05, 0.1) is 13.1 Å². The van der Waals surface area contributed by atoms with Crippen LogP contribution in [0.5, 0.6) is 0 Å². The second kappa shape index (κ2) is 4.91. The van der Waals surface area contributed by atoms with E-state index in [4.69, 9.17) is 10.5 Å². The minimum Gasteiger partial charge on any atom is -0.443 e.